The Morgan fingerprint density at radius 2 is 1.90 bits per heavy atom. The van der Waals surface area contributed by atoms with E-state index in [2.05, 4.69) is 30.5 Å². The number of anilines is 1. The first-order valence-electron chi connectivity index (χ1n) is 8.74. The van der Waals surface area contributed by atoms with Gasteiger partial charge >= 0.3 is 0 Å². The second-order valence-electron chi connectivity index (χ2n) is 6.42. The van der Waals surface area contributed by atoms with E-state index in [1.807, 2.05) is 13.0 Å². The molecule has 10 heteroatoms. The molecule has 0 aliphatic rings. The van der Waals surface area contributed by atoms with Crippen LogP contribution in [-0.4, -0.2) is 40.3 Å². The average molecular weight is 386 g/mol. The minimum Gasteiger partial charge on any atom is -0.322 e. The summed E-state index contributed by atoms with van der Waals surface area (Å²) < 4.78 is 3.12. The molecule has 5 rings (SSSR count). The van der Waals surface area contributed by atoms with Gasteiger partial charge in [-0.2, -0.15) is 10.2 Å². The topological polar surface area (TPSA) is 123 Å². The van der Waals surface area contributed by atoms with Gasteiger partial charge in [-0.25, -0.2) is 19.2 Å². The molecule has 142 valence electrons. The molecule has 0 spiro atoms. The molecule has 0 radical (unpaired) electrons. The minimum absolute atomic E-state index is 0.248. The molecule has 0 aliphatic heterocycles. The summed E-state index contributed by atoms with van der Waals surface area (Å²) in [5.74, 6) is -0.302. The zero-order valence-electron chi connectivity index (χ0n) is 15.2. The van der Waals surface area contributed by atoms with E-state index < -0.39 is 0 Å². The zero-order valence-corrected chi connectivity index (χ0v) is 15.2. The number of hydrogen-bond acceptors (Lipinski definition) is 6. The van der Waals surface area contributed by atoms with Gasteiger partial charge in [-0.1, -0.05) is 0 Å². The minimum atomic E-state index is -0.302. The molecular formula is C19H14N8O2. The lowest BCUT2D eigenvalue weighted by Gasteiger charge is -2.07. The molecule has 0 unspecified atom stereocenters. The van der Waals surface area contributed by atoms with Crippen LogP contribution in [0.4, 0.5) is 5.69 Å². The van der Waals surface area contributed by atoms with Crippen LogP contribution in [0, 0.1) is 6.92 Å². The highest BCUT2D eigenvalue weighted by Crippen LogP contribution is 2.18. The number of fused-ring (bicyclic) bond motifs is 2. The van der Waals surface area contributed by atoms with Crippen molar-refractivity contribution in [3.05, 3.63) is 76.9 Å². The molecule has 29 heavy (non-hydrogen) atoms. The van der Waals surface area contributed by atoms with Crippen molar-refractivity contribution in [2.75, 3.05) is 5.32 Å². The summed E-state index contributed by atoms with van der Waals surface area (Å²) in [6.07, 6.45) is 6.06. The van der Waals surface area contributed by atoms with Crippen LogP contribution >= 0.6 is 0 Å². The van der Waals surface area contributed by atoms with Crippen molar-refractivity contribution in [1.82, 2.24) is 34.3 Å². The monoisotopic (exact) mass is 386 g/mol. The summed E-state index contributed by atoms with van der Waals surface area (Å²) in [7, 11) is 0. The summed E-state index contributed by atoms with van der Waals surface area (Å²) in [6.45, 7) is 1.86. The molecule has 4 aromatic heterocycles. The highest BCUT2D eigenvalue weighted by Gasteiger charge is 2.15. The van der Waals surface area contributed by atoms with Crippen LogP contribution in [0.25, 0.3) is 22.4 Å². The SMILES string of the molecule is Cc1ccn2ncc(C(=O)Nc3ccc(-n4ncc5c(=O)[nH]cnc54)cc3)c2n1. The number of H-pyrrole nitrogens is 1. The van der Waals surface area contributed by atoms with Gasteiger partial charge in [-0.05, 0) is 37.3 Å². The van der Waals surface area contributed by atoms with E-state index >= 15 is 0 Å². The Morgan fingerprint density at radius 3 is 2.72 bits per heavy atom. The van der Waals surface area contributed by atoms with Crippen LogP contribution in [0.2, 0.25) is 0 Å². The van der Waals surface area contributed by atoms with E-state index in [4.69, 9.17) is 0 Å². The number of nitrogens with zero attached hydrogens (tertiary/aromatic N) is 6. The molecule has 0 saturated heterocycles. The largest absolute Gasteiger partial charge is 0.322 e. The van der Waals surface area contributed by atoms with E-state index in [1.165, 1.54) is 18.7 Å². The Kier molecular flexibility index (Phi) is 3.69. The summed E-state index contributed by atoms with van der Waals surface area (Å²) >= 11 is 0. The van der Waals surface area contributed by atoms with Gasteiger partial charge in [0.05, 0.1) is 24.4 Å². The summed E-state index contributed by atoms with van der Waals surface area (Å²) in [5.41, 5.74) is 3.21. The quantitative estimate of drug-likeness (QED) is 0.487. The lowest BCUT2D eigenvalue weighted by Crippen LogP contribution is -2.12. The molecule has 4 heterocycles. The second-order valence-corrected chi connectivity index (χ2v) is 6.42. The summed E-state index contributed by atoms with van der Waals surface area (Å²) in [4.78, 5) is 35.5. The molecule has 1 aromatic carbocycles. The molecule has 10 nitrogen and oxygen atoms in total. The van der Waals surface area contributed by atoms with Gasteiger partial charge in [-0.3, -0.25) is 9.59 Å². The fourth-order valence-corrected chi connectivity index (χ4v) is 3.05. The maximum absolute atomic E-state index is 12.7. The summed E-state index contributed by atoms with van der Waals surface area (Å²) in [6, 6.07) is 8.88. The van der Waals surface area contributed by atoms with Crippen molar-refractivity contribution in [2.45, 2.75) is 6.92 Å². The normalized spacial score (nSPS) is 11.2. The molecule has 0 atom stereocenters. The van der Waals surface area contributed by atoms with Gasteiger partial charge in [0.15, 0.2) is 11.3 Å². The highest BCUT2D eigenvalue weighted by atomic mass is 16.1. The van der Waals surface area contributed by atoms with Gasteiger partial charge in [0.1, 0.15) is 10.9 Å². The van der Waals surface area contributed by atoms with Crippen LogP contribution in [0.1, 0.15) is 16.1 Å². The molecule has 0 aliphatic carbocycles. The van der Waals surface area contributed by atoms with Crippen molar-refractivity contribution in [1.29, 1.82) is 0 Å². The number of amides is 1. The Hall–Kier alpha value is -4.34. The number of carbonyl (C=O) groups excluding carboxylic acids is 1. The van der Waals surface area contributed by atoms with E-state index in [1.54, 1.807) is 39.7 Å². The van der Waals surface area contributed by atoms with Gasteiger partial charge in [0.2, 0.25) is 0 Å². The average Bonchev–Trinajstić information content (AvgIpc) is 3.33. The predicted molar refractivity (Wildman–Crippen MR) is 105 cm³/mol. The number of hydrogen-bond donors (Lipinski definition) is 2. The van der Waals surface area contributed by atoms with Crippen LogP contribution in [-0.2, 0) is 0 Å². The smallest absolute Gasteiger partial charge is 0.261 e. The summed E-state index contributed by atoms with van der Waals surface area (Å²) in [5, 5.41) is 11.6. The molecule has 5 aromatic rings. The van der Waals surface area contributed by atoms with Crippen LogP contribution in [0.15, 0.2) is 60.0 Å². The molecule has 0 saturated carbocycles. The second kappa shape index (κ2) is 6.37. The molecule has 0 fully saturated rings. The van der Waals surface area contributed by atoms with E-state index in [-0.39, 0.29) is 11.5 Å². The first kappa shape index (κ1) is 16.8. The zero-order chi connectivity index (χ0) is 20.0. The molecule has 2 N–H and O–H groups in total. The lowest BCUT2D eigenvalue weighted by atomic mass is 10.2. The van der Waals surface area contributed by atoms with Crippen molar-refractivity contribution < 1.29 is 4.79 Å². The Morgan fingerprint density at radius 1 is 1.07 bits per heavy atom. The molecule has 0 bridgehead atoms. The third-order valence-electron chi connectivity index (χ3n) is 4.49. The fourth-order valence-electron chi connectivity index (χ4n) is 3.05. The Bertz CT molecular complexity index is 1430. The lowest BCUT2D eigenvalue weighted by molar-refractivity contribution is 0.102. The van der Waals surface area contributed by atoms with E-state index in [0.29, 0.717) is 33.6 Å². The van der Waals surface area contributed by atoms with Crippen molar-refractivity contribution >= 4 is 28.3 Å². The van der Waals surface area contributed by atoms with E-state index in [9.17, 15) is 9.59 Å². The van der Waals surface area contributed by atoms with Gasteiger partial charge in [-0.15, -0.1) is 0 Å². The third-order valence-corrected chi connectivity index (χ3v) is 4.49. The van der Waals surface area contributed by atoms with Crippen LogP contribution in [0.5, 0.6) is 0 Å². The van der Waals surface area contributed by atoms with Gasteiger partial charge < -0.3 is 10.3 Å². The number of benzene rings is 1. The van der Waals surface area contributed by atoms with Crippen molar-refractivity contribution in [2.24, 2.45) is 0 Å². The van der Waals surface area contributed by atoms with Gasteiger partial charge in [0, 0.05) is 17.6 Å². The standard InChI is InChI=1S/C19H14N8O2/c1-11-6-7-26-17(24-11)15(8-22-26)19(29)25-12-2-4-13(5-3-12)27-16-14(9-23-27)18(28)21-10-20-16/h2-10H,1H3,(H,25,29)(H,20,21,28). The van der Waals surface area contributed by atoms with Gasteiger partial charge in [0.25, 0.3) is 11.5 Å². The Balaban J connectivity index is 1.43. The van der Waals surface area contributed by atoms with Crippen LogP contribution < -0.4 is 10.9 Å². The number of aromatic nitrogens is 7. The van der Waals surface area contributed by atoms with E-state index in [0.717, 1.165) is 5.69 Å². The first-order valence-corrected chi connectivity index (χ1v) is 8.74. The molecule has 1 amide bonds. The number of carbonyl (C=O) groups is 1. The number of aromatic amines is 1. The maximum atomic E-state index is 12.7. The Labute approximate surface area is 162 Å². The maximum Gasteiger partial charge on any atom is 0.261 e. The highest BCUT2D eigenvalue weighted by molar-refractivity contribution is 6.08. The predicted octanol–water partition coefficient (Wildman–Crippen LogP) is 1.71. The molecular weight excluding hydrogens is 372 g/mol. The number of aryl methyl sites for hydroxylation is 1. The van der Waals surface area contributed by atoms with Crippen LogP contribution in [0.3, 0.4) is 0 Å². The van der Waals surface area contributed by atoms with Crippen molar-refractivity contribution in [3.63, 3.8) is 0 Å². The number of rotatable bonds is 3. The fraction of sp³-hybridized carbons (Fsp3) is 0.0526. The first-order chi connectivity index (χ1) is 14.1. The van der Waals surface area contributed by atoms with Crippen molar-refractivity contribution in [3.8, 4) is 5.69 Å². The third kappa shape index (κ3) is 2.83. The number of nitrogens with one attached hydrogen (secondary N) is 2.